The highest BCUT2D eigenvalue weighted by molar-refractivity contribution is 6.36. The highest BCUT2D eigenvalue weighted by Crippen LogP contribution is 2.35. The normalized spacial score (nSPS) is 13.9. The van der Waals surface area contributed by atoms with Crippen LogP contribution in [-0.2, 0) is 14.3 Å². The average molecular weight is 439 g/mol. The van der Waals surface area contributed by atoms with Crippen molar-refractivity contribution in [2.24, 2.45) is 0 Å². The summed E-state index contributed by atoms with van der Waals surface area (Å²) in [5.74, 6) is 0.260. The van der Waals surface area contributed by atoms with Crippen molar-refractivity contribution in [1.29, 1.82) is 0 Å². The topological polar surface area (TPSA) is 77.1 Å². The molecule has 0 saturated carbocycles. The largest absolute Gasteiger partial charge is 0.493 e. The number of amides is 2. The van der Waals surface area contributed by atoms with E-state index in [4.69, 9.17) is 14.2 Å². The van der Waals surface area contributed by atoms with Gasteiger partial charge in [-0.1, -0.05) is 12.1 Å². The SMILES string of the molecule is COc1ccc(C2=C(Nc3ccc(C)c(C)c3)C(=O)N(CCOC(C)C)C2=O)cc1OC. The standard InChI is InChI=1S/C25H30N2O5/c1-15(2)32-12-11-27-24(28)22(18-8-10-20(30-5)21(14-18)31-6)23(25(27)29)26-19-9-7-16(3)17(4)13-19/h7-10,13-15,26H,11-12H2,1-6H3. The number of carbonyl (C=O) groups is 2. The molecule has 2 aromatic carbocycles. The van der Waals surface area contributed by atoms with Crippen LogP contribution in [0.4, 0.5) is 5.69 Å². The van der Waals surface area contributed by atoms with Crippen molar-refractivity contribution < 1.29 is 23.8 Å². The van der Waals surface area contributed by atoms with Crippen molar-refractivity contribution in [2.75, 3.05) is 32.7 Å². The molecular weight excluding hydrogens is 408 g/mol. The molecule has 1 aliphatic rings. The van der Waals surface area contributed by atoms with Crippen LogP contribution in [0, 0.1) is 13.8 Å². The maximum atomic E-state index is 13.3. The summed E-state index contributed by atoms with van der Waals surface area (Å²) in [6.07, 6.45) is 0.00853. The zero-order valence-corrected chi connectivity index (χ0v) is 19.4. The molecule has 7 heteroatoms. The number of rotatable bonds is 9. The van der Waals surface area contributed by atoms with Crippen LogP contribution < -0.4 is 14.8 Å². The first-order valence-corrected chi connectivity index (χ1v) is 10.6. The maximum absolute atomic E-state index is 13.3. The Morgan fingerprint density at radius 2 is 1.62 bits per heavy atom. The van der Waals surface area contributed by atoms with Gasteiger partial charge in [-0.2, -0.15) is 0 Å². The van der Waals surface area contributed by atoms with E-state index < -0.39 is 0 Å². The molecule has 0 unspecified atom stereocenters. The van der Waals surface area contributed by atoms with Gasteiger partial charge in [-0.25, -0.2) is 0 Å². The van der Waals surface area contributed by atoms with Crippen LogP contribution >= 0.6 is 0 Å². The predicted molar refractivity (Wildman–Crippen MR) is 124 cm³/mol. The summed E-state index contributed by atoms with van der Waals surface area (Å²) >= 11 is 0. The highest BCUT2D eigenvalue weighted by Gasteiger charge is 2.39. The van der Waals surface area contributed by atoms with Crippen LogP contribution in [0.5, 0.6) is 11.5 Å². The minimum Gasteiger partial charge on any atom is -0.493 e. The minimum absolute atomic E-state index is 0.00853. The summed E-state index contributed by atoms with van der Waals surface area (Å²) in [7, 11) is 3.08. The van der Waals surface area contributed by atoms with Crippen LogP contribution in [0.1, 0.15) is 30.5 Å². The van der Waals surface area contributed by atoms with Gasteiger partial charge in [0.05, 0.1) is 39.0 Å². The molecule has 0 aromatic heterocycles. The van der Waals surface area contributed by atoms with Gasteiger partial charge in [-0.3, -0.25) is 14.5 Å². The fourth-order valence-electron chi connectivity index (χ4n) is 3.50. The molecule has 170 valence electrons. The number of carbonyl (C=O) groups excluding carboxylic acids is 2. The van der Waals surface area contributed by atoms with E-state index in [1.165, 1.54) is 12.0 Å². The number of nitrogens with zero attached hydrogens (tertiary/aromatic N) is 1. The predicted octanol–water partition coefficient (Wildman–Crippen LogP) is 3.94. The number of ether oxygens (including phenoxy) is 3. The monoisotopic (exact) mass is 438 g/mol. The van der Waals surface area contributed by atoms with E-state index in [2.05, 4.69) is 5.32 Å². The van der Waals surface area contributed by atoms with Gasteiger partial charge in [-0.15, -0.1) is 0 Å². The second-order valence-electron chi connectivity index (χ2n) is 7.93. The number of methoxy groups -OCH3 is 2. The fraction of sp³-hybridized carbons (Fsp3) is 0.360. The van der Waals surface area contributed by atoms with Gasteiger partial charge in [0, 0.05) is 5.69 Å². The van der Waals surface area contributed by atoms with Gasteiger partial charge in [-0.05, 0) is 68.7 Å². The summed E-state index contributed by atoms with van der Waals surface area (Å²) in [5, 5.41) is 3.19. The van der Waals surface area contributed by atoms with Gasteiger partial charge in [0.1, 0.15) is 5.70 Å². The molecule has 0 bridgehead atoms. The molecule has 0 saturated heterocycles. The molecule has 1 N–H and O–H groups in total. The minimum atomic E-state index is -0.384. The van der Waals surface area contributed by atoms with Gasteiger partial charge in [0.15, 0.2) is 11.5 Å². The van der Waals surface area contributed by atoms with Gasteiger partial charge < -0.3 is 19.5 Å². The highest BCUT2D eigenvalue weighted by atomic mass is 16.5. The second kappa shape index (κ2) is 9.87. The number of hydrogen-bond acceptors (Lipinski definition) is 6. The van der Waals surface area contributed by atoms with Crippen molar-refractivity contribution >= 4 is 23.1 Å². The van der Waals surface area contributed by atoms with E-state index in [-0.39, 0.29) is 36.8 Å². The Balaban J connectivity index is 2.03. The summed E-state index contributed by atoms with van der Waals surface area (Å²) in [5.41, 5.74) is 4.06. The van der Waals surface area contributed by atoms with Crippen molar-refractivity contribution in [2.45, 2.75) is 33.8 Å². The molecule has 2 aromatic rings. The third-order valence-corrected chi connectivity index (χ3v) is 5.38. The number of imide groups is 1. The number of hydrogen-bond donors (Lipinski definition) is 1. The molecule has 0 aliphatic carbocycles. The van der Waals surface area contributed by atoms with E-state index in [0.717, 1.165) is 16.8 Å². The molecule has 0 radical (unpaired) electrons. The first kappa shape index (κ1) is 23.3. The molecule has 1 heterocycles. The Hall–Kier alpha value is -3.32. The maximum Gasteiger partial charge on any atom is 0.278 e. The van der Waals surface area contributed by atoms with Crippen molar-refractivity contribution in [3.05, 3.63) is 58.8 Å². The fourth-order valence-corrected chi connectivity index (χ4v) is 3.50. The number of anilines is 1. The van der Waals surface area contributed by atoms with Gasteiger partial charge >= 0.3 is 0 Å². The number of benzene rings is 2. The Bertz CT molecular complexity index is 1060. The molecule has 32 heavy (non-hydrogen) atoms. The summed E-state index contributed by atoms with van der Waals surface area (Å²) in [6, 6.07) is 11.0. The van der Waals surface area contributed by atoms with E-state index in [0.29, 0.717) is 22.6 Å². The summed E-state index contributed by atoms with van der Waals surface area (Å²) in [4.78, 5) is 27.8. The third kappa shape index (κ3) is 4.78. The number of aryl methyl sites for hydroxylation is 2. The van der Waals surface area contributed by atoms with Gasteiger partial charge in [0.2, 0.25) is 0 Å². The van der Waals surface area contributed by atoms with Gasteiger partial charge in [0.25, 0.3) is 11.8 Å². The lowest BCUT2D eigenvalue weighted by Gasteiger charge is -2.16. The van der Waals surface area contributed by atoms with Crippen LogP contribution in [0.3, 0.4) is 0 Å². The molecule has 0 fully saturated rings. The summed E-state index contributed by atoms with van der Waals surface area (Å²) < 4.78 is 16.3. The van der Waals surface area contributed by atoms with Crippen LogP contribution in [-0.4, -0.2) is 50.2 Å². The average Bonchev–Trinajstić information content (AvgIpc) is 2.99. The van der Waals surface area contributed by atoms with E-state index in [1.54, 1.807) is 25.3 Å². The van der Waals surface area contributed by atoms with Crippen LogP contribution in [0.2, 0.25) is 0 Å². The molecule has 1 aliphatic heterocycles. The lowest BCUT2D eigenvalue weighted by molar-refractivity contribution is -0.137. The second-order valence-corrected chi connectivity index (χ2v) is 7.93. The van der Waals surface area contributed by atoms with Crippen molar-refractivity contribution in [3.8, 4) is 11.5 Å². The smallest absolute Gasteiger partial charge is 0.278 e. The Morgan fingerprint density at radius 1 is 0.906 bits per heavy atom. The Morgan fingerprint density at radius 3 is 2.25 bits per heavy atom. The number of nitrogens with one attached hydrogen (secondary N) is 1. The molecule has 2 amide bonds. The molecule has 0 spiro atoms. The van der Waals surface area contributed by atoms with E-state index in [9.17, 15) is 9.59 Å². The van der Waals surface area contributed by atoms with Crippen LogP contribution in [0.25, 0.3) is 5.57 Å². The van der Waals surface area contributed by atoms with E-state index in [1.807, 2.05) is 45.9 Å². The first-order valence-electron chi connectivity index (χ1n) is 10.6. The van der Waals surface area contributed by atoms with E-state index >= 15 is 0 Å². The first-order chi connectivity index (χ1) is 15.3. The molecule has 0 atom stereocenters. The molecule has 7 nitrogen and oxygen atoms in total. The molecular formula is C25H30N2O5. The lowest BCUT2D eigenvalue weighted by Crippen LogP contribution is -2.35. The van der Waals surface area contributed by atoms with Crippen molar-refractivity contribution in [1.82, 2.24) is 4.90 Å². The quantitative estimate of drug-likeness (QED) is 0.598. The zero-order valence-electron chi connectivity index (χ0n) is 19.4. The summed E-state index contributed by atoms with van der Waals surface area (Å²) in [6.45, 7) is 8.28. The van der Waals surface area contributed by atoms with Crippen molar-refractivity contribution in [3.63, 3.8) is 0 Å². The Kier molecular flexibility index (Phi) is 7.20. The zero-order chi connectivity index (χ0) is 23.4. The van der Waals surface area contributed by atoms with Crippen LogP contribution in [0.15, 0.2) is 42.1 Å². The lowest BCUT2D eigenvalue weighted by atomic mass is 10.0. The third-order valence-electron chi connectivity index (χ3n) is 5.38. The molecule has 3 rings (SSSR count). The Labute approximate surface area is 189 Å².